The monoisotopic (exact) mass is 830 g/mol. The smallest absolute Gasteiger partial charge is 0.339 e. The van der Waals surface area contributed by atoms with Gasteiger partial charge in [-0.3, -0.25) is 0 Å². The number of aromatic carboxylic acids is 1. The van der Waals surface area contributed by atoms with E-state index < -0.39 is 5.97 Å². The van der Waals surface area contributed by atoms with Crippen molar-refractivity contribution in [1.82, 2.24) is 39.9 Å². The first-order chi connectivity index (χ1) is 24.5. The first-order valence-corrected chi connectivity index (χ1v) is 15.6. The Labute approximate surface area is 307 Å². The third kappa shape index (κ3) is 5.55. The van der Waals surface area contributed by atoms with Crippen LogP contribution in [0, 0.1) is 0 Å². The maximum Gasteiger partial charge on any atom is 0.339 e. The van der Waals surface area contributed by atoms with Gasteiger partial charge in [-0.15, -0.1) is 0 Å². The van der Waals surface area contributed by atoms with Crippen molar-refractivity contribution >= 4 is 50.1 Å². The Morgan fingerprint density at radius 2 is 0.725 bits per heavy atom. The topological polar surface area (TPSA) is 163 Å². The van der Waals surface area contributed by atoms with Crippen LogP contribution in [0.15, 0.2) is 121 Å². The van der Waals surface area contributed by atoms with Gasteiger partial charge >= 0.3 is 5.97 Å². The standard InChI is InChI=1S/C32H16N8.C7H6O3.Hf/c1-2-10-18-17(9-1)25-33-26(18)38-28-21-13-5-6-14-22(21)30(35-28)40-32-24-16-8-7-15-23(24)31(36-32)39-29-20-12-4-3-11-19(20)27(34-29)37-25;8-6-4-2-1-3-5(6)7(9)10;/h1-16H;1-4,8H,(H,9,10);/q-2;;. The van der Waals surface area contributed by atoms with E-state index in [1.807, 2.05) is 97.1 Å². The van der Waals surface area contributed by atoms with Gasteiger partial charge in [-0.2, -0.15) is 0 Å². The summed E-state index contributed by atoms with van der Waals surface area (Å²) in [6, 6.07) is 37.6. The normalized spacial score (nSPS) is 11.2. The van der Waals surface area contributed by atoms with Crippen LogP contribution in [0.4, 0.5) is 0 Å². The van der Waals surface area contributed by atoms with Gasteiger partial charge in [0.2, 0.25) is 0 Å². The predicted molar refractivity (Wildman–Crippen MR) is 189 cm³/mol. The third-order valence-corrected chi connectivity index (χ3v) is 8.46. The number of para-hydroxylation sites is 1. The second-order valence-corrected chi connectivity index (χ2v) is 11.5. The fourth-order valence-electron chi connectivity index (χ4n) is 6.11. The Kier molecular flexibility index (Phi) is 8.00. The molecule has 0 saturated heterocycles. The first-order valence-electron chi connectivity index (χ1n) is 15.6. The molecule has 3 aromatic heterocycles. The number of nitrogens with zero attached hydrogens (tertiary/aromatic N) is 8. The Bertz CT molecular complexity index is 2530. The Balaban J connectivity index is 0.000000297. The molecule has 0 fully saturated rings. The Hall–Kier alpha value is -6.40. The van der Waals surface area contributed by atoms with Gasteiger partial charge in [-0.1, -0.05) is 109 Å². The van der Waals surface area contributed by atoms with E-state index in [0.29, 0.717) is 45.9 Å². The third-order valence-electron chi connectivity index (χ3n) is 8.46. The van der Waals surface area contributed by atoms with Crippen LogP contribution in [0.2, 0.25) is 0 Å². The van der Waals surface area contributed by atoms with Gasteiger partial charge in [0.15, 0.2) is 0 Å². The molecule has 11 nitrogen and oxygen atoms in total. The van der Waals surface area contributed by atoms with Gasteiger partial charge in [-0.25, -0.2) is 14.8 Å². The van der Waals surface area contributed by atoms with Crippen molar-refractivity contribution in [2.75, 3.05) is 0 Å². The molecule has 10 rings (SSSR count). The van der Waals surface area contributed by atoms with E-state index in [2.05, 4.69) is 0 Å². The number of rotatable bonds is 1. The fourth-order valence-corrected chi connectivity index (χ4v) is 6.11. The molecular formula is C39H22HfN8O3-2. The molecular weight excluding hydrogens is 807 g/mol. The molecule has 0 radical (unpaired) electrons. The zero-order chi connectivity index (χ0) is 33.8. The molecule has 0 atom stereocenters. The Morgan fingerprint density at radius 3 is 1.02 bits per heavy atom. The zero-order valence-corrected chi connectivity index (χ0v) is 30.0. The minimum absolute atomic E-state index is 0. The van der Waals surface area contributed by atoms with Crippen LogP contribution in [0.25, 0.3) is 89.7 Å². The summed E-state index contributed by atoms with van der Waals surface area (Å²) in [5.41, 5.74) is 5.71. The van der Waals surface area contributed by atoms with Gasteiger partial charge < -0.3 is 40.1 Å². The summed E-state index contributed by atoms with van der Waals surface area (Å²) in [6.45, 7) is 0. The maximum atomic E-state index is 10.3. The maximum absolute atomic E-state index is 10.3. The molecule has 51 heavy (non-hydrogen) atoms. The zero-order valence-electron chi connectivity index (χ0n) is 26.4. The van der Waals surface area contributed by atoms with Crippen LogP contribution in [-0.2, 0) is 25.8 Å². The number of carboxylic acids is 1. The molecule has 0 aliphatic carbocycles. The molecule has 12 heteroatoms. The van der Waals surface area contributed by atoms with Crippen molar-refractivity contribution in [2.24, 2.45) is 0 Å². The van der Waals surface area contributed by atoms with Crippen molar-refractivity contribution in [3.8, 4) is 51.3 Å². The van der Waals surface area contributed by atoms with E-state index >= 15 is 0 Å². The van der Waals surface area contributed by atoms with Gasteiger partial charge in [0.1, 0.15) is 11.3 Å². The molecule has 0 spiro atoms. The van der Waals surface area contributed by atoms with Gasteiger partial charge in [0, 0.05) is 70.7 Å². The van der Waals surface area contributed by atoms with Crippen LogP contribution in [0.5, 0.6) is 5.75 Å². The molecule has 8 bridgehead atoms. The van der Waals surface area contributed by atoms with E-state index in [9.17, 15) is 4.79 Å². The van der Waals surface area contributed by atoms with Crippen molar-refractivity contribution in [3.63, 3.8) is 0 Å². The molecule has 242 valence electrons. The molecule has 2 aliphatic rings. The fraction of sp³-hybridized carbons (Fsp3) is 0. The van der Waals surface area contributed by atoms with E-state index in [-0.39, 0.29) is 37.2 Å². The molecule has 0 unspecified atom stereocenters. The van der Waals surface area contributed by atoms with Crippen LogP contribution in [0.3, 0.4) is 0 Å². The molecule has 5 aromatic carbocycles. The van der Waals surface area contributed by atoms with E-state index in [1.54, 1.807) is 12.1 Å². The number of fused-ring (bicyclic) bond motifs is 20. The second kappa shape index (κ2) is 12.8. The molecule has 8 aromatic rings. The van der Waals surface area contributed by atoms with E-state index in [1.165, 1.54) is 12.1 Å². The van der Waals surface area contributed by atoms with Gasteiger partial charge in [0.05, 0.1) is 23.3 Å². The number of phenols is 1. The van der Waals surface area contributed by atoms with Crippen molar-refractivity contribution in [3.05, 3.63) is 127 Å². The van der Waals surface area contributed by atoms with Crippen LogP contribution in [-0.4, -0.2) is 46.1 Å². The summed E-state index contributed by atoms with van der Waals surface area (Å²) < 4.78 is 0. The molecule has 5 heterocycles. The predicted octanol–water partition coefficient (Wildman–Crippen LogP) is 7.22. The summed E-state index contributed by atoms with van der Waals surface area (Å²) in [6.07, 6.45) is 0. The number of hydrogen-bond acceptors (Lipinski definition) is 8. The summed E-state index contributed by atoms with van der Waals surface area (Å²) in [4.78, 5) is 49.5. The summed E-state index contributed by atoms with van der Waals surface area (Å²) in [7, 11) is 0. The quantitative estimate of drug-likeness (QED) is 0.161. The van der Waals surface area contributed by atoms with E-state index in [4.69, 9.17) is 50.1 Å². The summed E-state index contributed by atoms with van der Waals surface area (Å²) in [5, 5.41) is 20.9. The van der Waals surface area contributed by atoms with Crippen molar-refractivity contribution < 1.29 is 40.9 Å². The number of carboxylic acid groups (broad SMARTS) is 1. The van der Waals surface area contributed by atoms with Crippen molar-refractivity contribution in [2.45, 2.75) is 0 Å². The molecule has 0 saturated carbocycles. The van der Waals surface area contributed by atoms with Gasteiger partial charge in [0.25, 0.3) is 0 Å². The SMILES string of the molecule is O=C(O)c1ccccc1O.[Hf].c1ccc2c(c1)-c1nc-2nc2[n-]c(nc3nc(nc4[n-]c(n1)c1ccccc41)-c1ccccc1-3)c1ccccc21. The van der Waals surface area contributed by atoms with Crippen LogP contribution >= 0.6 is 0 Å². The summed E-state index contributed by atoms with van der Waals surface area (Å²) >= 11 is 0. The number of aromatic nitrogens is 8. The number of carbonyl (C=O) groups is 1. The number of benzene rings is 5. The van der Waals surface area contributed by atoms with Crippen molar-refractivity contribution in [1.29, 1.82) is 0 Å². The van der Waals surface area contributed by atoms with Crippen LogP contribution < -0.4 is 9.97 Å². The minimum atomic E-state index is -1.11. The Morgan fingerprint density at radius 1 is 0.431 bits per heavy atom. The number of hydrogen-bond donors (Lipinski definition) is 2. The molecule has 0 amide bonds. The first kappa shape index (κ1) is 31.8. The largest absolute Gasteiger partial charge is 0.507 e. The summed E-state index contributed by atoms with van der Waals surface area (Å²) in [5.74, 6) is 0.896. The van der Waals surface area contributed by atoms with E-state index in [0.717, 1.165) is 43.8 Å². The minimum Gasteiger partial charge on any atom is -0.507 e. The average Bonchev–Trinajstić information content (AvgIpc) is 3.88. The molecule has 2 N–H and O–H groups in total. The average molecular weight is 829 g/mol. The van der Waals surface area contributed by atoms with Crippen LogP contribution in [0.1, 0.15) is 10.4 Å². The molecule has 2 aliphatic heterocycles. The van der Waals surface area contributed by atoms with Gasteiger partial charge in [-0.05, 0) is 33.7 Å². The second-order valence-electron chi connectivity index (χ2n) is 11.5. The number of aromatic hydroxyl groups is 1.